The maximum Gasteiger partial charge on any atom is 0.417 e. The highest BCUT2D eigenvalue weighted by atomic mass is 19.4. The van der Waals surface area contributed by atoms with Crippen molar-refractivity contribution in [2.45, 2.75) is 33.9 Å². The third-order valence-corrected chi connectivity index (χ3v) is 4.88. The molecule has 0 radical (unpaired) electrons. The number of benzene rings is 2. The van der Waals surface area contributed by atoms with Gasteiger partial charge in [-0.1, -0.05) is 17.3 Å². The Labute approximate surface area is 167 Å². The van der Waals surface area contributed by atoms with Crippen molar-refractivity contribution in [1.29, 1.82) is 5.26 Å². The Morgan fingerprint density at radius 1 is 1.10 bits per heavy atom. The van der Waals surface area contributed by atoms with Crippen LogP contribution in [0.1, 0.15) is 35.1 Å². The molecule has 150 valence electrons. The first kappa shape index (κ1) is 20.5. The molecular weight excluding hydrogens is 379 g/mol. The average molecular weight is 399 g/mol. The van der Waals surface area contributed by atoms with E-state index in [9.17, 15) is 13.2 Å². The molecule has 0 saturated heterocycles. The third-order valence-electron chi connectivity index (χ3n) is 4.88. The van der Waals surface area contributed by atoms with Crippen molar-refractivity contribution in [3.05, 3.63) is 64.5 Å². The topological polar surface area (TPSA) is 53.1 Å². The van der Waals surface area contributed by atoms with E-state index in [-0.39, 0.29) is 0 Å². The van der Waals surface area contributed by atoms with Gasteiger partial charge in [-0.25, -0.2) is 0 Å². The van der Waals surface area contributed by atoms with Crippen molar-refractivity contribution < 1.29 is 17.7 Å². The minimum absolute atomic E-state index is 0.373. The van der Waals surface area contributed by atoms with Crippen molar-refractivity contribution in [1.82, 2.24) is 5.16 Å². The lowest BCUT2D eigenvalue weighted by molar-refractivity contribution is -0.137. The van der Waals surface area contributed by atoms with Crippen LogP contribution in [0.15, 0.2) is 40.9 Å². The van der Waals surface area contributed by atoms with E-state index in [1.54, 1.807) is 17.0 Å². The van der Waals surface area contributed by atoms with Crippen molar-refractivity contribution in [2.24, 2.45) is 0 Å². The van der Waals surface area contributed by atoms with E-state index in [1.165, 1.54) is 6.07 Å². The number of anilines is 2. The van der Waals surface area contributed by atoms with Crippen LogP contribution in [0.25, 0.3) is 11.1 Å². The summed E-state index contributed by atoms with van der Waals surface area (Å²) in [6.07, 6.45) is -4.60. The van der Waals surface area contributed by atoms with Crippen LogP contribution in [-0.4, -0.2) is 11.7 Å². The third kappa shape index (κ3) is 3.83. The van der Waals surface area contributed by atoms with Crippen LogP contribution in [-0.2, 0) is 6.18 Å². The predicted molar refractivity (Wildman–Crippen MR) is 105 cm³/mol. The fraction of sp³-hybridized carbons (Fsp3) is 0.273. The van der Waals surface area contributed by atoms with Crippen LogP contribution in [0.2, 0.25) is 0 Å². The molecule has 0 fully saturated rings. The van der Waals surface area contributed by atoms with Crippen molar-refractivity contribution in [2.75, 3.05) is 11.4 Å². The van der Waals surface area contributed by atoms with Crippen LogP contribution < -0.4 is 4.90 Å². The minimum Gasteiger partial charge on any atom is -0.361 e. The number of hydrogen-bond donors (Lipinski definition) is 0. The Morgan fingerprint density at radius 2 is 1.83 bits per heavy atom. The lowest BCUT2D eigenvalue weighted by atomic mass is 10.00. The molecule has 0 spiro atoms. The zero-order valence-electron chi connectivity index (χ0n) is 16.6. The first-order chi connectivity index (χ1) is 13.7. The molecule has 0 amide bonds. The van der Waals surface area contributed by atoms with Gasteiger partial charge in [0.25, 0.3) is 0 Å². The summed E-state index contributed by atoms with van der Waals surface area (Å²) in [6.45, 7) is 7.90. The average Bonchev–Trinajstić information content (AvgIpc) is 3.01. The molecule has 3 aromatic rings. The van der Waals surface area contributed by atoms with Gasteiger partial charge in [0.05, 0.1) is 22.9 Å². The summed E-state index contributed by atoms with van der Waals surface area (Å²) in [6, 6.07) is 11.2. The molecule has 1 aromatic heterocycles. The van der Waals surface area contributed by atoms with Gasteiger partial charge in [-0.3, -0.25) is 0 Å². The van der Waals surface area contributed by atoms with E-state index >= 15 is 0 Å². The van der Waals surface area contributed by atoms with Gasteiger partial charge in [-0.05, 0) is 63.1 Å². The molecule has 4 nitrogen and oxygen atoms in total. The Kier molecular flexibility index (Phi) is 5.38. The van der Waals surface area contributed by atoms with Gasteiger partial charge in [-0.15, -0.1) is 0 Å². The monoisotopic (exact) mass is 399 g/mol. The molecule has 0 bridgehead atoms. The molecule has 2 aromatic carbocycles. The molecule has 0 atom stereocenters. The molecule has 0 aliphatic heterocycles. The van der Waals surface area contributed by atoms with Gasteiger partial charge < -0.3 is 9.42 Å². The van der Waals surface area contributed by atoms with Crippen molar-refractivity contribution in [3.8, 4) is 17.2 Å². The molecule has 0 aliphatic carbocycles. The lowest BCUT2D eigenvalue weighted by Crippen LogP contribution is -2.19. The molecule has 3 rings (SSSR count). The van der Waals surface area contributed by atoms with Crippen LogP contribution in [0.3, 0.4) is 0 Å². The highest BCUT2D eigenvalue weighted by molar-refractivity contribution is 5.76. The summed E-state index contributed by atoms with van der Waals surface area (Å²) in [5.41, 5.74) is 3.25. The summed E-state index contributed by atoms with van der Waals surface area (Å²) < 4.78 is 45.5. The normalized spacial score (nSPS) is 11.4. The lowest BCUT2D eigenvalue weighted by Gasteiger charge is -2.27. The van der Waals surface area contributed by atoms with Gasteiger partial charge in [0.15, 0.2) is 0 Å². The van der Waals surface area contributed by atoms with Gasteiger partial charge in [0.2, 0.25) is 0 Å². The van der Waals surface area contributed by atoms with Gasteiger partial charge in [0, 0.05) is 23.5 Å². The van der Waals surface area contributed by atoms with Gasteiger partial charge in [0.1, 0.15) is 5.76 Å². The van der Waals surface area contributed by atoms with Gasteiger partial charge in [-0.2, -0.15) is 18.4 Å². The molecule has 0 aliphatic rings. The van der Waals surface area contributed by atoms with E-state index in [1.807, 2.05) is 45.9 Å². The first-order valence-electron chi connectivity index (χ1n) is 9.10. The Hall–Kier alpha value is -3.27. The number of alkyl halides is 3. The Morgan fingerprint density at radius 3 is 2.38 bits per heavy atom. The largest absolute Gasteiger partial charge is 0.417 e. The van der Waals surface area contributed by atoms with Crippen LogP contribution in [0, 0.1) is 32.1 Å². The number of rotatable bonds is 4. The smallest absolute Gasteiger partial charge is 0.361 e. The standard InChI is InChI=1S/C22H20F3N3O/c1-5-28(18-9-8-17(12-26)19(11-18)22(23,24)25)20-10-16(7-6-13(20)2)21-14(3)27-29-15(21)4/h6-11H,5H2,1-4H3. The van der Waals surface area contributed by atoms with Crippen molar-refractivity contribution in [3.63, 3.8) is 0 Å². The molecule has 1 heterocycles. The highest BCUT2D eigenvalue weighted by Crippen LogP contribution is 2.38. The first-order valence-corrected chi connectivity index (χ1v) is 9.10. The molecule has 7 heteroatoms. The highest BCUT2D eigenvalue weighted by Gasteiger charge is 2.34. The zero-order valence-corrected chi connectivity index (χ0v) is 16.6. The molecule has 0 unspecified atom stereocenters. The number of aromatic nitrogens is 1. The number of hydrogen-bond acceptors (Lipinski definition) is 4. The van der Waals surface area contributed by atoms with E-state index in [4.69, 9.17) is 9.78 Å². The molecule has 0 N–H and O–H groups in total. The van der Waals surface area contributed by atoms with Crippen LogP contribution in [0.4, 0.5) is 24.5 Å². The number of halogens is 3. The number of nitrogens with zero attached hydrogens (tertiary/aromatic N) is 3. The number of aryl methyl sites for hydroxylation is 3. The summed E-state index contributed by atoms with van der Waals surface area (Å²) in [5, 5.41) is 13.0. The number of nitriles is 1. The second-order valence-electron chi connectivity index (χ2n) is 6.78. The van der Waals surface area contributed by atoms with E-state index in [0.29, 0.717) is 18.0 Å². The molecule has 0 saturated carbocycles. The van der Waals surface area contributed by atoms with Crippen LogP contribution in [0.5, 0.6) is 0 Å². The summed E-state index contributed by atoms with van der Waals surface area (Å²) >= 11 is 0. The Balaban J connectivity index is 2.15. The van der Waals surface area contributed by atoms with Gasteiger partial charge >= 0.3 is 6.18 Å². The van der Waals surface area contributed by atoms with E-state index in [0.717, 1.165) is 34.1 Å². The van der Waals surface area contributed by atoms with E-state index < -0.39 is 17.3 Å². The summed E-state index contributed by atoms with van der Waals surface area (Å²) in [5.74, 6) is 0.679. The molecule has 29 heavy (non-hydrogen) atoms. The maximum atomic E-state index is 13.4. The summed E-state index contributed by atoms with van der Waals surface area (Å²) in [4.78, 5) is 1.80. The van der Waals surface area contributed by atoms with E-state index in [2.05, 4.69) is 5.16 Å². The second-order valence-corrected chi connectivity index (χ2v) is 6.78. The quantitative estimate of drug-likeness (QED) is 0.515. The molecular formula is C22H20F3N3O. The van der Waals surface area contributed by atoms with Crippen molar-refractivity contribution >= 4 is 11.4 Å². The Bertz CT molecular complexity index is 1070. The predicted octanol–water partition coefficient (Wildman–Crippen LogP) is 6.32. The SMILES string of the molecule is CCN(c1ccc(C#N)c(C(F)(F)F)c1)c1cc(-c2c(C)noc2C)ccc1C. The minimum atomic E-state index is -4.60. The summed E-state index contributed by atoms with van der Waals surface area (Å²) in [7, 11) is 0. The fourth-order valence-electron chi connectivity index (χ4n) is 3.47. The second kappa shape index (κ2) is 7.63. The van der Waals surface area contributed by atoms with Crippen LogP contribution >= 0.6 is 0 Å². The zero-order chi connectivity index (χ0) is 21.3. The fourth-order valence-corrected chi connectivity index (χ4v) is 3.47. The maximum absolute atomic E-state index is 13.4.